The van der Waals surface area contributed by atoms with Crippen LogP contribution in [0.4, 0.5) is 5.82 Å². The van der Waals surface area contributed by atoms with Gasteiger partial charge in [0, 0.05) is 25.8 Å². The van der Waals surface area contributed by atoms with E-state index in [2.05, 4.69) is 15.3 Å². The highest BCUT2D eigenvalue weighted by atomic mass is 32.2. The van der Waals surface area contributed by atoms with Gasteiger partial charge in [0.2, 0.25) is 10.0 Å². The Labute approximate surface area is 119 Å². The number of nitrogens with one attached hydrogen (secondary N) is 1. The summed E-state index contributed by atoms with van der Waals surface area (Å²) in [7, 11) is 0.0240. The molecule has 1 saturated heterocycles. The molecule has 0 aromatic carbocycles. The molecule has 1 aliphatic heterocycles. The average Bonchev–Trinajstić information content (AvgIpc) is 2.84. The number of hydrogen-bond donors (Lipinski definition) is 2. The Morgan fingerprint density at radius 3 is 2.95 bits per heavy atom. The zero-order valence-electron chi connectivity index (χ0n) is 11.8. The summed E-state index contributed by atoms with van der Waals surface area (Å²) in [5, 5.41) is 0. The Hall–Kier alpha value is -1.22. The molecular weight excluding hydrogens is 278 g/mol. The van der Waals surface area contributed by atoms with Crippen LogP contribution in [0.1, 0.15) is 12.8 Å². The summed E-state index contributed by atoms with van der Waals surface area (Å²) < 4.78 is 26.5. The van der Waals surface area contributed by atoms with E-state index in [4.69, 9.17) is 5.84 Å². The number of rotatable bonds is 5. The van der Waals surface area contributed by atoms with Gasteiger partial charge in [0.1, 0.15) is 4.90 Å². The van der Waals surface area contributed by atoms with E-state index in [9.17, 15) is 8.42 Å². The van der Waals surface area contributed by atoms with Gasteiger partial charge in [0.15, 0.2) is 5.82 Å². The van der Waals surface area contributed by atoms with E-state index in [1.165, 1.54) is 16.6 Å². The molecule has 1 fully saturated rings. The number of aromatic nitrogens is 1. The zero-order valence-corrected chi connectivity index (χ0v) is 12.6. The summed E-state index contributed by atoms with van der Waals surface area (Å²) in [6, 6.07) is 3.36. The van der Waals surface area contributed by atoms with Crippen LogP contribution in [0.5, 0.6) is 0 Å². The van der Waals surface area contributed by atoms with Gasteiger partial charge in [-0.15, -0.1) is 0 Å². The number of hydrazine groups is 1. The number of nitrogens with two attached hydrogens (primary N) is 1. The quantitative estimate of drug-likeness (QED) is 0.591. The monoisotopic (exact) mass is 299 g/mol. The highest BCUT2D eigenvalue weighted by Gasteiger charge is 2.29. The first-order valence-corrected chi connectivity index (χ1v) is 7.99. The molecule has 1 aliphatic rings. The fourth-order valence-electron chi connectivity index (χ4n) is 2.48. The van der Waals surface area contributed by atoms with E-state index in [0.29, 0.717) is 6.54 Å². The van der Waals surface area contributed by atoms with Crippen molar-refractivity contribution in [1.82, 2.24) is 14.2 Å². The van der Waals surface area contributed by atoms with Crippen molar-refractivity contribution in [2.24, 2.45) is 5.84 Å². The van der Waals surface area contributed by atoms with E-state index in [-0.39, 0.29) is 16.8 Å². The van der Waals surface area contributed by atoms with Crippen LogP contribution in [0.3, 0.4) is 0 Å². The molecule has 8 heteroatoms. The third-order valence-corrected chi connectivity index (χ3v) is 5.59. The Morgan fingerprint density at radius 2 is 2.35 bits per heavy atom. The lowest BCUT2D eigenvalue weighted by atomic mass is 10.2. The van der Waals surface area contributed by atoms with Gasteiger partial charge in [-0.3, -0.25) is 0 Å². The van der Waals surface area contributed by atoms with Crippen molar-refractivity contribution in [2.75, 3.05) is 32.6 Å². The zero-order chi connectivity index (χ0) is 14.8. The minimum Gasteiger partial charge on any atom is -0.307 e. The molecule has 0 saturated carbocycles. The molecule has 1 aromatic rings. The SMILES string of the molecule is CN1CCCC1CN(C)S(=O)(=O)c1cccnc1NN. The molecule has 2 heterocycles. The average molecular weight is 299 g/mol. The van der Waals surface area contributed by atoms with Crippen molar-refractivity contribution in [1.29, 1.82) is 0 Å². The second kappa shape index (κ2) is 6.04. The highest BCUT2D eigenvalue weighted by molar-refractivity contribution is 7.89. The summed E-state index contributed by atoms with van der Waals surface area (Å²) in [4.78, 5) is 6.23. The molecule has 1 atom stereocenters. The number of pyridine rings is 1. The molecule has 0 spiro atoms. The Balaban J connectivity index is 2.21. The van der Waals surface area contributed by atoms with Gasteiger partial charge in [0.05, 0.1) is 0 Å². The number of likely N-dealkylation sites (N-methyl/N-ethyl adjacent to an activating group) is 2. The predicted octanol–water partition coefficient (Wildman–Crippen LogP) is 0.0819. The molecule has 0 radical (unpaired) electrons. The molecule has 2 rings (SSSR count). The van der Waals surface area contributed by atoms with Crippen LogP contribution in [-0.2, 0) is 10.0 Å². The largest absolute Gasteiger partial charge is 0.307 e. The van der Waals surface area contributed by atoms with Gasteiger partial charge >= 0.3 is 0 Å². The standard InChI is InChI=1S/C12H21N5O2S/c1-16-8-4-5-10(16)9-17(2)20(18,19)11-6-3-7-14-12(11)15-13/h3,6-7,10H,4-5,8-9,13H2,1-2H3,(H,14,15). The number of likely N-dealkylation sites (tertiary alicyclic amines) is 1. The van der Waals surface area contributed by atoms with Crippen molar-refractivity contribution in [3.63, 3.8) is 0 Å². The molecular formula is C12H21N5O2S. The fraction of sp³-hybridized carbons (Fsp3) is 0.583. The van der Waals surface area contributed by atoms with E-state index in [1.54, 1.807) is 13.1 Å². The van der Waals surface area contributed by atoms with E-state index in [1.807, 2.05) is 7.05 Å². The number of anilines is 1. The van der Waals surface area contributed by atoms with Crippen LogP contribution in [0.15, 0.2) is 23.2 Å². The first-order valence-electron chi connectivity index (χ1n) is 6.55. The van der Waals surface area contributed by atoms with Crippen LogP contribution in [-0.4, -0.2) is 55.8 Å². The van der Waals surface area contributed by atoms with Gasteiger partial charge in [0.25, 0.3) is 0 Å². The van der Waals surface area contributed by atoms with Gasteiger partial charge in [-0.25, -0.2) is 19.2 Å². The first-order chi connectivity index (χ1) is 9.46. The number of hydrogen-bond acceptors (Lipinski definition) is 6. The molecule has 0 amide bonds. The van der Waals surface area contributed by atoms with E-state index < -0.39 is 10.0 Å². The summed E-state index contributed by atoms with van der Waals surface area (Å²) in [5.74, 6) is 5.50. The van der Waals surface area contributed by atoms with Crippen LogP contribution < -0.4 is 11.3 Å². The summed E-state index contributed by atoms with van der Waals surface area (Å²) in [5.41, 5.74) is 2.33. The second-order valence-electron chi connectivity index (χ2n) is 5.06. The van der Waals surface area contributed by atoms with Crippen molar-refractivity contribution in [2.45, 2.75) is 23.8 Å². The van der Waals surface area contributed by atoms with Gasteiger partial charge in [-0.05, 0) is 38.6 Å². The fourth-order valence-corrected chi connectivity index (χ4v) is 3.79. The van der Waals surface area contributed by atoms with Crippen molar-refractivity contribution >= 4 is 15.8 Å². The lowest BCUT2D eigenvalue weighted by molar-refractivity contribution is 0.271. The molecule has 20 heavy (non-hydrogen) atoms. The maximum Gasteiger partial charge on any atom is 0.246 e. The molecule has 1 unspecified atom stereocenters. The van der Waals surface area contributed by atoms with E-state index >= 15 is 0 Å². The van der Waals surface area contributed by atoms with Gasteiger partial charge < -0.3 is 10.3 Å². The third kappa shape index (κ3) is 2.93. The van der Waals surface area contributed by atoms with Crippen molar-refractivity contribution < 1.29 is 8.42 Å². The van der Waals surface area contributed by atoms with Crippen LogP contribution in [0, 0.1) is 0 Å². The highest BCUT2D eigenvalue weighted by Crippen LogP contribution is 2.23. The molecule has 112 valence electrons. The molecule has 7 nitrogen and oxygen atoms in total. The summed E-state index contributed by atoms with van der Waals surface area (Å²) in [6.07, 6.45) is 3.63. The van der Waals surface area contributed by atoms with Gasteiger partial charge in [-0.1, -0.05) is 0 Å². The molecule has 0 aliphatic carbocycles. The van der Waals surface area contributed by atoms with Crippen LogP contribution in [0.25, 0.3) is 0 Å². The van der Waals surface area contributed by atoms with Crippen molar-refractivity contribution in [3.05, 3.63) is 18.3 Å². The molecule has 1 aromatic heterocycles. The first kappa shape index (κ1) is 15.2. The Morgan fingerprint density at radius 1 is 1.60 bits per heavy atom. The molecule has 3 N–H and O–H groups in total. The number of nitrogens with zero attached hydrogens (tertiary/aromatic N) is 3. The Kier molecular flexibility index (Phi) is 4.59. The molecule has 0 bridgehead atoms. The smallest absolute Gasteiger partial charge is 0.246 e. The topological polar surface area (TPSA) is 91.6 Å². The maximum absolute atomic E-state index is 12.6. The second-order valence-corrected chi connectivity index (χ2v) is 7.07. The van der Waals surface area contributed by atoms with Crippen molar-refractivity contribution in [3.8, 4) is 0 Å². The third-order valence-electron chi connectivity index (χ3n) is 3.74. The lowest BCUT2D eigenvalue weighted by Gasteiger charge is -2.25. The van der Waals surface area contributed by atoms with Crippen LogP contribution >= 0.6 is 0 Å². The number of nitrogen functional groups attached to an aromatic ring is 1. The summed E-state index contributed by atoms with van der Waals surface area (Å²) >= 11 is 0. The minimum atomic E-state index is -3.59. The van der Waals surface area contributed by atoms with Crippen LogP contribution in [0.2, 0.25) is 0 Å². The normalized spacial score (nSPS) is 20.5. The Bertz CT molecular complexity index is 563. The summed E-state index contributed by atoms with van der Waals surface area (Å²) in [6.45, 7) is 1.48. The number of sulfonamides is 1. The predicted molar refractivity (Wildman–Crippen MR) is 77.5 cm³/mol. The lowest BCUT2D eigenvalue weighted by Crippen LogP contribution is -2.39. The minimum absolute atomic E-state index is 0.102. The van der Waals surface area contributed by atoms with Gasteiger partial charge in [-0.2, -0.15) is 4.31 Å². The maximum atomic E-state index is 12.6. The van der Waals surface area contributed by atoms with E-state index in [0.717, 1.165) is 19.4 Å².